The fourth-order valence-electron chi connectivity index (χ4n) is 2.98. The first kappa shape index (κ1) is 18.5. The number of likely N-dealkylation sites (tertiary alicyclic amines) is 1. The Labute approximate surface area is 141 Å². The molecule has 0 spiro atoms. The second kappa shape index (κ2) is 8.33. The van der Waals surface area contributed by atoms with Gasteiger partial charge in [0, 0.05) is 24.9 Å². The van der Waals surface area contributed by atoms with E-state index in [9.17, 15) is 18.4 Å². The van der Waals surface area contributed by atoms with Gasteiger partial charge in [-0.3, -0.25) is 9.59 Å². The van der Waals surface area contributed by atoms with Crippen molar-refractivity contribution in [2.45, 2.75) is 39.2 Å². The predicted octanol–water partition coefficient (Wildman–Crippen LogP) is 2.77. The van der Waals surface area contributed by atoms with Gasteiger partial charge in [0.1, 0.15) is 11.6 Å². The number of carbonyl (C=O) groups excluding carboxylic acids is 2. The maximum absolute atomic E-state index is 13.7. The fraction of sp³-hybridized carbons (Fsp3) is 0.556. The Hall–Kier alpha value is -1.82. The number of carbonyl (C=O) groups is 2. The van der Waals surface area contributed by atoms with Crippen LogP contribution in [0.4, 0.5) is 8.78 Å². The quantitative estimate of drug-likeness (QED) is 0.812. The Balaban J connectivity index is 1.83. The van der Waals surface area contributed by atoms with Gasteiger partial charge in [0.2, 0.25) is 5.91 Å². The lowest BCUT2D eigenvalue weighted by molar-refractivity contribution is -0.122. The summed E-state index contributed by atoms with van der Waals surface area (Å²) in [5.74, 6) is -1.88. The van der Waals surface area contributed by atoms with Crippen molar-refractivity contribution in [3.05, 3.63) is 35.4 Å². The molecule has 132 valence electrons. The summed E-state index contributed by atoms with van der Waals surface area (Å²) in [6.45, 7) is 5.85. The van der Waals surface area contributed by atoms with E-state index in [1.54, 1.807) is 0 Å². The van der Waals surface area contributed by atoms with E-state index in [0.29, 0.717) is 38.9 Å². The molecule has 1 amide bonds. The number of Topliss-reactive ketones (excluding diaryl/α,β-unsaturated/α-hetero) is 1. The number of piperidine rings is 1. The van der Waals surface area contributed by atoms with Gasteiger partial charge in [0.05, 0.1) is 5.56 Å². The van der Waals surface area contributed by atoms with E-state index in [1.165, 1.54) is 0 Å². The normalized spacial score (nSPS) is 16.4. The molecule has 1 aromatic rings. The van der Waals surface area contributed by atoms with Crippen molar-refractivity contribution < 1.29 is 18.4 Å². The summed E-state index contributed by atoms with van der Waals surface area (Å²) in [5, 5.41) is 2.85. The second-order valence-corrected chi connectivity index (χ2v) is 6.58. The second-order valence-electron chi connectivity index (χ2n) is 6.58. The van der Waals surface area contributed by atoms with Crippen LogP contribution in [0.15, 0.2) is 18.2 Å². The zero-order chi connectivity index (χ0) is 17.7. The Bertz CT molecular complexity index is 597. The summed E-state index contributed by atoms with van der Waals surface area (Å²) in [5.41, 5.74) is -0.162. The maximum atomic E-state index is 13.7. The summed E-state index contributed by atoms with van der Waals surface area (Å²) in [4.78, 5) is 26.2. The molecule has 1 aliphatic heterocycles. The van der Waals surface area contributed by atoms with E-state index in [2.05, 4.69) is 10.2 Å². The molecule has 4 nitrogen and oxygen atoms in total. The summed E-state index contributed by atoms with van der Waals surface area (Å²) in [6.07, 6.45) is 1.62. The minimum absolute atomic E-state index is 0.0185. The average molecular weight is 338 g/mol. The van der Waals surface area contributed by atoms with Crippen LogP contribution in [0.25, 0.3) is 0 Å². The van der Waals surface area contributed by atoms with E-state index in [0.717, 1.165) is 18.2 Å². The molecule has 0 aliphatic carbocycles. The van der Waals surface area contributed by atoms with Crippen LogP contribution in [-0.2, 0) is 4.79 Å². The molecule has 0 atom stereocenters. The number of halogens is 2. The molecule has 0 saturated carbocycles. The lowest BCUT2D eigenvalue weighted by Gasteiger charge is -2.31. The van der Waals surface area contributed by atoms with E-state index in [1.807, 2.05) is 13.8 Å². The Morgan fingerprint density at radius 3 is 2.54 bits per heavy atom. The largest absolute Gasteiger partial charge is 0.354 e. The molecule has 1 N–H and O–H groups in total. The van der Waals surface area contributed by atoms with E-state index >= 15 is 0 Å². The molecule has 2 rings (SSSR count). The van der Waals surface area contributed by atoms with Crippen molar-refractivity contribution in [3.8, 4) is 0 Å². The van der Waals surface area contributed by atoms with Gasteiger partial charge in [-0.05, 0) is 58.0 Å². The summed E-state index contributed by atoms with van der Waals surface area (Å²) in [7, 11) is 0. The minimum Gasteiger partial charge on any atom is -0.354 e. The van der Waals surface area contributed by atoms with Crippen LogP contribution >= 0.6 is 0 Å². The van der Waals surface area contributed by atoms with Gasteiger partial charge in [-0.25, -0.2) is 8.78 Å². The lowest BCUT2D eigenvalue weighted by atomic mass is 9.88. The molecule has 1 saturated heterocycles. The van der Waals surface area contributed by atoms with Crippen molar-refractivity contribution in [1.82, 2.24) is 10.2 Å². The first-order chi connectivity index (χ1) is 11.4. The molecule has 24 heavy (non-hydrogen) atoms. The van der Waals surface area contributed by atoms with Crippen molar-refractivity contribution in [3.63, 3.8) is 0 Å². The fourth-order valence-corrected chi connectivity index (χ4v) is 2.98. The minimum atomic E-state index is -0.672. The summed E-state index contributed by atoms with van der Waals surface area (Å²) < 4.78 is 27.0. The summed E-state index contributed by atoms with van der Waals surface area (Å²) >= 11 is 0. The Kier molecular flexibility index (Phi) is 6.43. The van der Waals surface area contributed by atoms with Gasteiger partial charge in [-0.2, -0.15) is 0 Å². The maximum Gasteiger partial charge on any atom is 0.221 e. The third kappa shape index (κ3) is 5.09. The predicted molar refractivity (Wildman–Crippen MR) is 87.7 cm³/mol. The molecule has 1 aliphatic rings. The molecule has 0 radical (unpaired) electrons. The van der Waals surface area contributed by atoms with E-state index < -0.39 is 11.6 Å². The number of amides is 1. The highest BCUT2D eigenvalue weighted by Gasteiger charge is 2.27. The molecule has 1 aromatic carbocycles. The van der Waals surface area contributed by atoms with Gasteiger partial charge >= 0.3 is 0 Å². The van der Waals surface area contributed by atoms with Crippen molar-refractivity contribution in [2.24, 2.45) is 5.92 Å². The number of rotatable bonds is 6. The molecule has 1 heterocycles. The third-order valence-corrected chi connectivity index (χ3v) is 4.26. The molecule has 0 unspecified atom stereocenters. The van der Waals surface area contributed by atoms with Crippen LogP contribution in [0, 0.1) is 17.6 Å². The topological polar surface area (TPSA) is 49.4 Å². The SMILES string of the molecule is CC(C)NC(=O)CCN1CCC(C(=O)c2cc(F)ccc2F)CC1. The number of hydrogen-bond acceptors (Lipinski definition) is 3. The van der Waals surface area contributed by atoms with Crippen LogP contribution in [0.1, 0.15) is 43.5 Å². The zero-order valence-corrected chi connectivity index (χ0v) is 14.1. The van der Waals surface area contributed by atoms with Gasteiger partial charge < -0.3 is 10.2 Å². The van der Waals surface area contributed by atoms with Crippen LogP contribution in [0.3, 0.4) is 0 Å². The van der Waals surface area contributed by atoms with E-state index in [-0.39, 0.29) is 29.2 Å². The number of ketones is 1. The van der Waals surface area contributed by atoms with Crippen molar-refractivity contribution >= 4 is 11.7 Å². The first-order valence-electron chi connectivity index (χ1n) is 8.38. The Morgan fingerprint density at radius 1 is 1.25 bits per heavy atom. The monoisotopic (exact) mass is 338 g/mol. The molecular formula is C18H24F2N2O2. The van der Waals surface area contributed by atoms with Crippen molar-refractivity contribution in [2.75, 3.05) is 19.6 Å². The lowest BCUT2D eigenvalue weighted by Crippen LogP contribution is -2.39. The number of nitrogens with zero attached hydrogens (tertiary/aromatic N) is 1. The molecule has 0 aromatic heterocycles. The highest BCUT2D eigenvalue weighted by Crippen LogP contribution is 2.23. The van der Waals surface area contributed by atoms with E-state index in [4.69, 9.17) is 0 Å². The van der Waals surface area contributed by atoms with Gasteiger partial charge in [-0.15, -0.1) is 0 Å². The Morgan fingerprint density at radius 2 is 1.92 bits per heavy atom. The average Bonchev–Trinajstić information content (AvgIpc) is 2.54. The standard InChI is InChI=1S/C18H24F2N2O2/c1-12(2)21-17(23)7-10-22-8-5-13(6-9-22)18(24)15-11-14(19)3-4-16(15)20/h3-4,11-13H,5-10H2,1-2H3,(H,21,23). The highest BCUT2D eigenvalue weighted by molar-refractivity contribution is 5.98. The van der Waals surface area contributed by atoms with Crippen LogP contribution in [0.5, 0.6) is 0 Å². The van der Waals surface area contributed by atoms with Crippen LogP contribution < -0.4 is 5.32 Å². The van der Waals surface area contributed by atoms with Gasteiger partial charge in [-0.1, -0.05) is 0 Å². The highest BCUT2D eigenvalue weighted by atomic mass is 19.1. The molecule has 0 bridgehead atoms. The van der Waals surface area contributed by atoms with Crippen LogP contribution in [-0.4, -0.2) is 42.3 Å². The summed E-state index contributed by atoms with van der Waals surface area (Å²) in [6, 6.07) is 3.10. The van der Waals surface area contributed by atoms with Crippen molar-refractivity contribution in [1.29, 1.82) is 0 Å². The van der Waals surface area contributed by atoms with Gasteiger partial charge in [0.15, 0.2) is 5.78 Å². The number of benzene rings is 1. The zero-order valence-electron chi connectivity index (χ0n) is 14.1. The van der Waals surface area contributed by atoms with Gasteiger partial charge in [0.25, 0.3) is 0 Å². The van der Waals surface area contributed by atoms with Crippen LogP contribution in [0.2, 0.25) is 0 Å². The molecule has 1 fully saturated rings. The molecule has 6 heteroatoms. The molecular weight excluding hydrogens is 314 g/mol. The number of hydrogen-bond donors (Lipinski definition) is 1. The third-order valence-electron chi connectivity index (χ3n) is 4.26. The smallest absolute Gasteiger partial charge is 0.221 e. The number of nitrogens with one attached hydrogen (secondary N) is 1. The first-order valence-corrected chi connectivity index (χ1v) is 8.38.